The predicted octanol–water partition coefficient (Wildman–Crippen LogP) is 4.49. The second-order valence-corrected chi connectivity index (χ2v) is 5.54. The molecule has 0 amide bonds. The molecule has 0 spiro atoms. The zero-order valence-corrected chi connectivity index (χ0v) is 10.1. The molecule has 0 aromatic heterocycles. The zero-order chi connectivity index (χ0) is 10.1. The lowest BCUT2D eigenvalue weighted by molar-refractivity contribution is 0.0309. The Labute approximate surface area is 84.1 Å². The second kappa shape index (κ2) is 4.02. The van der Waals surface area contributed by atoms with Crippen LogP contribution in [0.15, 0.2) is 0 Å². The average molecular weight is 182 g/mol. The molecule has 0 nitrogen and oxygen atoms in total. The molecule has 0 saturated heterocycles. The first kappa shape index (κ1) is 11.1. The van der Waals surface area contributed by atoms with Gasteiger partial charge in [-0.3, -0.25) is 0 Å². The Hall–Kier alpha value is 0. The van der Waals surface area contributed by atoms with E-state index >= 15 is 0 Å². The van der Waals surface area contributed by atoms with E-state index < -0.39 is 0 Å². The van der Waals surface area contributed by atoms with Crippen molar-refractivity contribution in [3.8, 4) is 0 Å². The Bertz CT molecular complexity index is 155. The highest BCUT2D eigenvalue weighted by atomic mass is 14.4. The molecule has 0 radical (unpaired) electrons. The normalized spacial score (nSPS) is 27.5. The fourth-order valence-electron chi connectivity index (χ4n) is 2.69. The van der Waals surface area contributed by atoms with Crippen LogP contribution in [0, 0.1) is 23.2 Å². The van der Waals surface area contributed by atoms with E-state index in [-0.39, 0.29) is 0 Å². The third kappa shape index (κ3) is 2.08. The van der Waals surface area contributed by atoms with Gasteiger partial charge in [0.15, 0.2) is 0 Å². The molecule has 0 aromatic rings. The molecule has 0 N–H and O–H groups in total. The topological polar surface area (TPSA) is 0 Å². The van der Waals surface area contributed by atoms with E-state index in [0.717, 1.165) is 17.8 Å². The molecule has 3 atom stereocenters. The molecule has 1 fully saturated rings. The van der Waals surface area contributed by atoms with Crippen molar-refractivity contribution in [2.75, 3.05) is 0 Å². The fourth-order valence-corrected chi connectivity index (χ4v) is 2.69. The number of hydrogen-bond donors (Lipinski definition) is 0. The first-order valence-electron chi connectivity index (χ1n) is 6.01. The van der Waals surface area contributed by atoms with Crippen LogP contribution in [0.3, 0.4) is 0 Å². The first-order valence-corrected chi connectivity index (χ1v) is 6.01. The van der Waals surface area contributed by atoms with Gasteiger partial charge < -0.3 is 0 Å². The molecule has 0 bridgehead atoms. The Balaban J connectivity index is 2.50. The van der Waals surface area contributed by atoms with Crippen molar-refractivity contribution in [3.05, 3.63) is 0 Å². The van der Waals surface area contributed by atoms with E-state index in [9.17, 15) is 0 Å². The molecule has 1 aliphatic rings. The number of rotatable bonds is 4. The molecule has 3 unspecified atom stereocenters. The van der Waals surface area contributed by atoms with Crippen LogP contribution in [0.4, 0.5) is 0 Å². The van der Waals surface area contributed by atoms with Gasteiger partial charge in [0.05, 0.1) is 0 Å². The van der Waals surface area contributed by atoms with Crippen molar-refractivity contribution in [1.82, 2.24) is 0 Å². The minimum atomic E-state index is 0.683. The van der Waals surface area contributed by atoms with Crippen molar-refractivity contribution < 1.29 is 0 Å². The second-order valence-electron chi connectivity index (χ2n) is 5.54. The summed E-state index contributed by atoms with van der Waals surface area (Å²) in [7, 11) is 0. The lowest BCUT2D eigenvalue weighted by atomic mass is 9.58. The van der Waals surface area contributed by atoms with Crippen LogP contribution in [0.2, 0.25) is 0 Å². The van der Waals surface area contributed by atoms with Gasteiger partial charge in [-0.2, -0.15) is 0 Å². The summed E-state index contributed by atoms with van der Waals surface area (Å²) in [6, 6.07) is 0. The largest absolute Gasteiger partial charge is 0.0651 e. The summed E-state index contributed by atoms with van der Waals surface area (Å²) in [5.41, 5.74) is 0.683. The summed E-state index contributed by atoms with van der Waals surface area (Å²) in [4.78, 5) is 0. The Kier molecular flexibility index (Phi) is 3.43. The van der Waals surface area contributed by atoms with Crippen LogP contribution in [0.25, 0.3) is 0 Å². The van der Waals surface area contributed by atoms with Gasteiger partial charge in [0.1, 0.15) is 0 Å². The van der Waals surface area contributed by atoms with Gasteiger partial charge >= 0.3 is 0 Å². The van der Waals surface area contributed by atoms with Gasteiger partial charge in [0, 0.05) is 0 Å². The molecule has 0 heterocycles. The van der Waals surface area contributed by atoms with E-state index in [0.29, 0.717) is 5.41 Å². The van der Waals surface area contributed by atoms with Gasteiger partial charge in [-0.15, -0.1) is 0 Å². The molecular weight excluding hydrogens is 156 g/mol. The molecule has 78 valence electrons. The van der Waals surface area contributed by atoms with Gasteiger partial charge in [-0.1, -0.05) is 47.5 Å². The summed E-state index contributed by atoms with van der Waals surface area (Å²) >= 11 is 0. The monoisotopic (exact) mass is 182 g/mol. The molecule has 0 heteroatoms. The van der Waals surface area contributed by atoms with Crippen LogP contribution in [0.1, 0.15) is 60.3 Å². The standard InChI is InChI=1S/C13H26/c1-6-10(2)11(3)12(4)13(5)8-7-9-13/h10-12H,6-9H2,1-5H3. The van der Waals surface area contributed by atoms with E-state index in [4.69, 9.17) is 0 Å². The van der Waals surface area contributed by atoms with Gasteiger partial charge in [0.25, 0.3) is 0 Å². The Morgan fingerprint density at radius 1 is 1.15 bits per heavy atom. The van der Waals surface area contributed by atoms with E-state index in [1.54, 1.807) is 0 Å². The summed E-state index contributed by atoms with van der Waals surface area (Å²) in [5, 5.41) is 0. The highest BCUT2D eigenvalue weighted by Gasteiger charge is 2.40. The zero-order valence-electron chi connectivity index (χ0n) is 10.1. The molecule has 0 aromatic carbocycles. The fraction of sp³-hybridized carbons (Fsp3) is 1.00. The third-order valence-corrected chi connectivity index (χ3v) is 4.93. The molecule has 13 heavy (non-hydrogen) atoms. The summed E-state index contributed by atoms with van der Waals surface area (Å²) in [5.74, 6) is 2.71. The van der Waals surface area contributed by atoms with Crippen molar-refractivity contribution in [2.45, 2.75) is 60.3 Å². The highest BCUT2D eigenvalue weighted by Crippen LogP contribution is 2.50. The molecular formula is C13H26. The molecule has 0 aliphatic heterocycles. The SMILES string of the molecule is CCC(C)C(C)C(C)C1(C)CCC1. The summed E-state index contributed by atoms with van der Waals surface area (Å²) in [6.45, 7) is 12.1. The van der Waals surface area contributed by atoms with Crippen molar-refractivity contribution in [3.63, 3.8) is 0 Å². The Morgan fingerprint density at radius 3 is 2.00 bits per heavy atom. The van der Waals surface area contributed by atoms with Crippen LogP contribution < -0.4 is 0 Å². The third-order valence-electron chi connectivity index (χ3n) is 4.93. The summed E-state index contributed by atoms with van der Waals surface area (Å²) in [6.07, 6.45) is 5.74. The maximum absolute atomic E-state index is 2.49. The quantitative estimate of drug-likeness (QED) is 0.600. The minimum Gasteiger partial charge on any atom is -0.0651 e. The summed E-state index contributed by atoms with van der Waals surface area (Å²) < 4.78 is 0. The smallest absolute Gasteiger partial charge is 0.0298 e. The highest BCUT2D eigenvalue weighted by molar-refractivity contribution is 4.90. The van der Waals surface area contributed by atoms with E-state index in [2.05, 4.69) is 34.6 Å². The maximum Gasteiger partial charge on any atom is -0.0298 e. The van der Waals surface area contributed by atoms with Crippen LogP contribution in [-0.2, 0) is 0 Å². The van der Waals surface area contributed by atoms with Gasteiger partial charge in [0.2, 0.25) is 0 Å². The van der Waals surface area contributed by atoms with Crippen molar-refractivity contribution >= 4 is 0 Å². The minimum absolute atomic E-state index is 0.683. The molecule has 1 aliphatic carbocycles. The lowest BCUT2D eigenvalue weighted by Crippen LogP contribution is -2.37. The molecule has 1 rings (SSSR count). The maximum atomic E-state index is 2.49. The van der Waals surface area contributed by atoms with E-state index in [1.165, 1.54) is 25.7 Å². The van der Waals surface area contributed by atoms with Crippen molar-refractivity contribution in [1.29, 1.82) is 0 Å². The van der Waals surface area contributed by atoms with Gasteiger partial charge in [-0.05, 0) is 36.0 Å². The Morgan fingerprint density at radius 2 is 1.69 bits per heavy atom. The van der Waals surface area contributed by atoms with Crippen molar-refractivity contribution in [2.24, 2.45) is 23.2 Å². The average Bonchev–Trinajstić information content (AvgIpc) is 2.10. The molecule has 1 saturated carbocycles. The van der Waals surface area contributed by atoms with Gasteiger partial charge in [-0.25, -0.2) is 0 Å². The van der Waals surface area contributed by atoms with Crippen LogP contribution in [-0.4, -0.2) is 0 Å². The van der Waals surface area contributed by atoms with E-state index in [1.807, 2.05) is 0 Å². The predicted molar refractivity (Wildman–Crippen MR) is 59.7 cm³/mol. The van der Waals surface area contributed by atoms with Crippen LogP contribution >= 0.6 is 0 Å². The van der Waals surface area contributed by atoms with Crippen LogP contribution in [0.5, 0.6) is 0 Å². The lowest BCUT2D eigenvalue weighted by Gasteiger charge is -2.47. The number of hydrogen-bond acceptors (Lipinski definition) is 0. The first-order chi connectivity index (χ1) is 6.01.